The number of hydrogen-bond acceptors (Lipinski definition) is 2. The molecule has 0 heterocycles. The van der Waals surface area contributed by atoms with E-state index >= 15 is 0 Å². The van der Waals surface area contributed by atoms with Crippen molar-refractivity contribution >= 4 is 5.78 Å². The first-order valence-corrected chi connectivity index (χ1v) is 4.50. The summed E-state index contributed by atoms with van der Waals surface area (Å²) in [4.78, 5) is 11.6. The number of carbonyl (C=O) groups excluding carboxylic acids is 1. The lowest BCUT2D eigenvalue weighted by atomic mass is 9.92. The molecule has 0 aliphatic rings. The van der Waals surface area contributed by atoms with Crippen molar-refractivity contribution in [3.05, 3.63) is 35.6 Å². The summed E-state index contributed by atoms with van der Waals surface area (Å²) in [6.45, 7) is 3.14. The highest BCUT2D eigenvalue weighted by Crippen LogP contribution is 2.17. The van der Waals surface area contributed by atoms with Gasteiger partial charge in [-0.25, -0.2) is 4.39 Å². The number of hydrogen-bond donors (Lipinski definition) is 1. The molecule has 76 valence electrons. The maximum absolute atomic E-state index is 12.8. The fraction of sp³-hybridized carbons (Fsp3) is 0.364. The van der Waals surface area contributed by atoms with Gasteiger partial charge in [-0.3, -0.25) is 4.79 Å². The van der Waals surface area contributed by atoms with Gasteiger partial charge in [0.25, 0.3) is 0 Å². The van der Waals surface area contributed by atoms with Gasteiger partial charge in [0.15, 0.2) is 5.78 Å². The van der Waals surface area contributed by atoms with Crippen molar-refractivity contribution in [2.75, 3.05) is 0 Å². The minimum atomic E-state index is -1.41. The third-order valence-electron chi connectivity index (χ3n) is 2.26. The van der Waals surface area contributed by atoms with Crippen molar-refractivity contribution in [1.82, 2.24) is 0 Å². The zero-order valence-electron chi connectivity index (χ0n) is 8.25. The van der Waals surface area contributed by atoms with Crippen molar-refractivity contribution in [2.45, 2.75) is 25.9 Å². The molecule has 0 aromatic heterocycles. The van der Waals surface area contributed by atoms with Crippen molar-refractivity contribution in [2.24, 2.45) is 0 Å². The lowest BCUT2D eigenvalue weighted by molar-refractivity contribution is 0.0390. The molecule has 1 aromatic carbocycles. The molecule has 1 unspecified atom stereocenters. The molecule has 0 aliphatic carbocycles. The average molecular weight is 196 g/mol. The Morgan fingerprint density at radius 2 is 2.21 bits per heavy atom. The van der Waals surface area contributed by atoms with Gasteiger partial charge in [-0.15, -0.1) is 0 Å². The Kier molecular flexibility index (Phi) is 3.01. The van der Waals surface area contributed by atoms with Crippen LogP contribution in [0.15, 0.2) is 24.3 Å². The van der Waals surface area contributed by atoms with E-state index in [1.54, 1.807) is 6.92 Å². The SMILES string of the molecule is CCC(C)(O)C(=O)c1cccc(F)c1. The largest absolute Gasteiger partial charge is 0.382 e. The molecule has 1 atom stereocenters. The van der Waals surface area contributed by atoms with Crippen LogP contribution in [0.25, 0.3) is 0 Å². The molecule has 3 heteroatoms. The highest BCUT2D eigenvalue weighted by Gasteiger charge is 2.28. The highest BCUT2D eigenvalue weighted by atomic mass is 19.1. The van der Waals surface area contributed by atoms with Crippen molar-refractivity contribution in [1.29, 1.82) is 0 Å². The van der Waals surface area contributed by atoms with E-state index in [0.717, 1.165) is 6.07 Å². The van der Waals surface area contributed by atoms with Gasteiger partial charge < -0.3 is 5.11 Å². The molecule has 0 amide bonds. The summed E-state index contributed by atoms with van der Waals surface area (Å²) in [7, 11) is 0. The normalized spacial score (nSPS) is 14.9. The molecular weight excluding hydrogens is 183 g/mol. The zero-order chi connectivity index (χ0) is 10.8. The van der Waals surface area contributed by atoms with E-state index in [0.29, 0.717) is 6.42 Å². The molecule has 0 saturated carbocycles. The Morgan fingerprint density at radius 3 is 2.71 bits per heavy atom. The van der Waals surface area contributed by atoms with Crippen molar-refractivity contribution < 1.29 is 14.3 Å². The predicted octanol–water partition coefficient (Wildman–Crippen LogP) is 2.17. The Bertz CT molecular complexity index is 345. The van der Waals surface area contributed by atoms with E-state index < -0.39 is 17.2 Å². The van der Waals surface area contributed by atoms with E-state index in [-0.39, 0.29) is 5.56 Å². The average Bonchev–Trinajstić information content (AvgIpc) is 2.16. The van der Waals surface area contributed by atoms with Gasteiger partial charge in [0.1, 0.15) is 11.4 Å². The highest BCUT2D eigenvalue weighted by molar-refractivity contribution is 6.01. The van der Waals surface area contributed by atoms with Gasteiger partial charge in [0.05, 0.1) is 0 Å². The van der Waals surface area contributed by atoms with Crippen LogP contribution in [0.3, 0.4) is 0 Å². The van der Waals surface area contributed by atoms with Crippen LogP contribution in [0.4, 0.5) is 4.39 Å². The van der Waals surface area contributed by atoms with Crippen LogP contribution >= 0.6 is 0 Å². The van der Waals surface area contributed by atoms with Crippen LogP contribution in [0.1, 0.15) is 30.6 Å². The lowest BCUT2D eigenvalue weighted by Crippen LogP contribution is -2.34. The molecule has 0 spiro atoms. The first-order chi connectivity index (χ1) is 6.47. The fourth-order valence-electron chi connectivity index (χ4n) is 1.10. The van der Waals surface area contributed by atoms with Gasteiger partial charge in [-0.1, -0.05) is 19.1 Å². The smallest absolute Gasteiger partial charge is 0.194 e. The molecule has 2 nitrogen and oxygen atoms in total. The van der Waals surface area contributed by atoms with Crippen LogP contribution in [-0.4, -0.2) is 16.5 Å². The van der Waals surface area contributed by atoms with Crippen LogP contribution in [0.5, 0.6) is 0 Å². The van der Waals surface area contributed by atoms with Crippen molar-refractivity contribution in [3.63, 3.8) is 0 Å². The summed E-state index contributed by atoms with van der Waals surface area (Å²) in [6, 6.07) is 5.34. The van der Waals surface area contributed by atoms with Crippen LogP contribution in [0, 0.1) is 5.82 Å². The summed E-state index contributed by atoms with van der Waals surface area (Å²) >= 11 is 0. The number of benzene rings is 1. The number of Topliss-reactive ketones (excluding diaryl/α,β-unsaturated/α-hetero) is 1. The number of halogens is 1. The molecule has 0 bridgehead atoms. The number of ketones is 1. The topological polar surface area (TPSA) is 37.3 Å². The maximum Gasteiger partial charge on any atom is 0.194 e. The second-order valence-electron chi connectivity index (χ2n) is 3.47. The summed E-state index contributed by atoms with van der Waals surface area (Å²) in [5.41, 5.74) is -1.20. The Balaban J connectivity index is 3.01. The maximum atomic E-state index is 12.8. The third-order valence-corrected chi connectivity index (χ3v) is 2.26. The molecule has 1 rings (SSSR count). The van der Waals surface area contributed by atoms with E-state index in [4.69, 9.17) is 0 Å². The minimum Gasteiger partial charge on any atom is -0.382 e. The lowest BCUT2D eigenvalue weighted by Gasteiger charge is -2.19. The predicted molar refractivity (Wildman–Crippen MR) is 51.6 cm³/mol. The quantitative estimate of drug-likeness (QED) is 0.752. The summed E-state index contributed by atoms with van der Waals surface area (Å²) < 4.78 is 12.8. The zero-order valence-corrected chi connectivity index (χ0v) is 8.25. The van der Waals surface area contributed by atoms with Crippen LogP contribution in [-0.2, 0) is 0 Å². The molecule has 0 fully saturated rings. The number of rotatable bonds is 3. The standard InChI is InChI=1S/C11H13FO2/c1-3-11(2,14)10(13)8-5-4-6-9(12)7-8/h4-7,14H,3H2,1-2H3. The monoisotopic (exact) mass is 196 g/mol. The molecule has 1 aromatic rings. The molecule has 0 radical (unpaired) electrons. The van der Waals surface area contributed by atoms with Gasteiger partial charge in [-0.05, 0) is 25.5 Å². The second-order valence-corrected chi connectivity index (χ2v) is 3.47. The van der Waals surface area contributed by atoms with Gasteiger partial charge >= 0.3 is 0 Å². The van der Waals surface area contributed by atoms with Crippen molar-refractivity contribution in [3.8, 4) is 0 Å². The molecule has 1 N–H and O–H groups in total. The van der Waals surface area contributed by atoms with E-state index in [9.17, 15) is 14.3 Å². The Labute approximate surface area is 82.4 Å². The van der Waals surface area contributed by atoms with Crippen LogP contribution in [0.2, 0.25) is 0 Å². The molecule has 0 aliphatic heterocycles. The van der Waals surface area contributed by atoms with Gasteiger partial charge in [-0.2, -0.15) is 0 Å². The third kappa shape index (κ3) is 2.17. The number of carbonyl (C=O) groups is 1. The minimum absolute atomic E-state index is 0.205. The van der Waals surface area contributed by atoms with E-state index in [1.165, 1.54) is 25.1 Å². The van der Waals surface area contributed by atoms with Gasteiger partial charge in [0, 0.05) is 5.56 Å². The first-order valence-electron chi connectivity index (χ1n) is 4.50. The first kappa shape index (κ1) is 10.9. The summed E-state index contributed by atoms with van der Waals surface area (Å²) in [5.74, 6) is -0.915. The molecule has 14 heavy (non-hydrogen) atoms. The fourth-order valence-corrected chi connectivity index (χ4v) is 1.10. The van der Waals surface area contributed by atoms with Crippen LogP contribution < -0.4 is 0 Å². The summed E-state index contributed by atoms with van der Waals surface area (Å²) in [6.07, 6.45) is 0.308. The summed E-state index contributed by atoms with van der Waals surface area (Å²) in [5, 5.41) is 9.66. The van der Waals surface area contributed by atoms with Gasteiger partial charge in [0.2, 0.25) is 0 Å². The van der Waals surface area contributed by atoms with E-state index in [1.807, 2.05) is 0 Å². The Morgan fingerprint density at radius 1 is 1.57 bits per heavy atom. The van der Waals surface area contributed by atoms with E-state index in [2.05, 4.69) is 0 Å². The number of aliphatic hydroxyl groups is 1. The Hall–Kier alpha value is -1.22. The molecule has 0 saturated heterocycles. The second kappa shape index (κ2) is 3.88. The molecular formula is C11H13FO2.